The SMILES string of the molecule is CCCCOCCOC(=O)c1ccncc1N. The average molecular weight is 238 g/mol. The van der Waals surface area contributed by atoms with E-state index in [4.69, 9.17) is 15.2 Å². The molecule has 1 heterocycles. The molecule has 0 radical (unpaired) electrons. The van der Waals surface area contributed by atoms with Gasteiger partial charge in [0.15, 0.2) is 0 Å². The minimum Gasteiger partial charge on any atom is -0.460 e. The van der Waals surface area contributed by atoms with Gasteiger partial charge in [0.05, 0.1) is 24.1 Å². The molecule has 0 unspecified atom stereocenters. The van der Waals surface area contributed by atoms with Crippen LogP contribution in [-0.4, -0.2) is 30.8 Å². The molecule has 17 heavy (non-hydrogen) atoms. The molecule has 0 aliphatic heterocycles. The van der Waals surface area contributed by atoms with Crippen molar-refractivity contribution in [1.29, 1.82) is 0 Å². The lowest BCUT2D eigenvalue weighted by Gasteiger charge is -2.06. The number of pyridine rings is 1. The third-order valence-corrected chi connectivity index (χ3v) is 2.17. The van der Waals surface area contributed by atoms with Crippen LogP contribution < -0.4 is 5.73 Å². The molecule has 1 aromatic heterocycles. The molecule has 5 heteroatoms. The van der Waals surface area contributed by atoms with Crippen molar-refractivity contribution >= 4 is 11.7 Å². The first kappa shape index (κ1) is 13.4. The molecule has 0 fully saturated rings. The van der Waals surface area contributed by atoms with Crippen molar-refractivity contribution in [3.63, 3.8) is 0 Å². The highest BCUT2D eigenvalue weighted by Crippen LogP contribution is 2.09. The van der Waals surface area contributed by atoms with Crippen LogP contribution in [0.3, 0.4) is 0 Å². The molecule has 1 aromatic rings. The second kappa shape index (κ2) is 7.62. The number of esters is 1. The summed E-state index contributed by atoms with van der Waals surface area (Å²) in [5.74, 6) is -0.441. The number of hydrogen-bond donors (Lipinski definition) is 1. The summed E-state index contributed by atoms with van der Waals surface area (Å²) in [7, 11) is 0. The van der Waals surface area contributed by atoms with E-state index in [2.05, 4.69) is 11.9 Å². The van der Waals surface area contributed by atoms with Gasteiger partial charge in [-0.2, -0.15) is 0 Å². The molecule has 0 saturated heterocycles. The van der Waals surface area contributed by atoms with Crippen LogP contribution in [0.5, 0.6) is 0 Å². The number of ether oxygens (including phenoxy) is 2. The molecule has 0 bridgehead atoms. The molecule has 0 spiro atoms. The van der Waals surface area contributed by atoms with Gasteiger partial charge in [-0.1, -0.05) is 13.3 Å². The van der Waals surface area contributed by atoms with E-state index in [-0.39, 0.29) is 6.61 Å². The van der Waals surface area contributed by atoms with E-state index in [1.165, 1.54) is 18.5 Å². The number of rotatable bonds is 7. The second-order valence-electron chi connectivity index (χ2n) is 3.56. The maximum Gasteiger partial charge on any atom is 0.340 e. The van der Waals surface area contributed by atoms with E-state index >= 15 is 0 Å². The highest BCUT2D eigenvalue weighted by atomic mass is 16.6. The topological polar surface area (TPSA) is 74.4 Å². The van der Waals surface area contributed by atoms with E-state index in [0.29, 0.717) is 24.5 Å². The summed E-state index contributed by atoms with van der Waals surface area (Å²) in [6.45, 7) is 3.45. The average Bonchev–Trinajstić information content (AvgIpc) is 2.34. The number of carbonyl (C=O) groups is 1. The molecule has 0 aliphatic carbocycles. The monoisotopic (exact) mass is 238 g/mol. The fraction of sp³-hybridized carbons (Fsp3) is 0.500. The Morgan fingerprint density at radius 1 is 1.41 bits per heavy atom. The number of unbranched alkanes of at least 4 members (excludes halogenated alkanes) is 1. The van der Waals surface area contributed by atoms with Crippen LogP contribution >= 0.6 is 0 Å². The van der Waals surface area contributed by atoms with E-state index in [9.17, 15) is 4.79 Å². The lowest BCUT2D eigenvalue weighted by Crippen LogP contribution is -2.13. The molecular formula is C12H18N2O3. The summed E-state index contributed by atoms with van der Waals surface area (Å²) >= 11 is 0. The lowest BCUT2D eigenvalue weighted by atomic mass is 10.2. The van der Waals surface area contributed by atoms with Gasteiger partial charge in [-0.15, -0.1) is 0 Å². The molecule has 0 aliphatic rings. The van der Waals surface area contributed by atoms with Gasteiger partial charge in [-0.05, 0) is 12.5 Å². The van der Waals surface area contributed by atoms with E-state index in [1.807, 2.05) is 0 Å². The van der Waals surface area contributed by atoms with Crippen molar-refractivity contribution in [1.82, 2.24) is 4.98 Å². The Bertz CT molecular complexity index is 355. The van der Waals surface area contributed by atoms with Gasteiger partial charge in [0.1, 0.15) is 6.61 Å². The normalized spacial score (nSPS) is 10.2. The number of nitrogen functional groups attached to an aromatic ring is 1. The second-order valence-corrected chi connectivity index (χ2v) is 3.56. The van der Waals surface area contributed by atoms with E-state index < -0.39 is 5.97 Å². The van der Waals surface area contributed by atoms with Crippen LogP contribution in [0.2, 0.25) is 0 Å². The predicted octanol–water partition coefficient (Wildman–Crippen LogP) is 1.64. The van der Waals surface area contributed by atoms with Crippen molar-refractivity contribution in [2.24, 2.45) is 0 Å². The Morgan fingerprint density at radius 2 is 2.24 bits per heavy atom. The van der Waals surface area contributed by atoms with Crippen LogP contribution in [0.25, 0.3) is 0 Å². The van der Waals surface area contributed by atoms with E-state index in [1.54, 1.807) is 0 Å². The summed E-state index contributed by atoms with van der Waals surface area (Å²) in [6, 6.07) is 1.54. The first-order valence-electron chi connectivity index (χ1n) is 5.70. The molecule has 0 amide bonds. The van der Waals surface area contributed by atoms with Gasteiger partial charge in [0.25, 0.3) is 0 Å². The van der Waals surface area contributed by atoms with Crippen LogP contribution in [0.15, 0.2) is 18.5 Å². The summed E-state index contributed by atoms with van der Waals surface area (Å²) in [5, 5.41) is 0. The standard InChI is InChI=1S/C12H18N2O3/c1-2-3-6-16-7-8-17-12(15)10-4-5-14-9-11(10)13/h4-5,9H,2-3,6-8,13H2,1H3. The molecule has 0 saturated carbocycles. The van der Waals surface area contributed by atoms with Crippen molar-refractivity contribution in [3.05, 3.63) is 24.0 Å². The zero-order valence-electron chi connectivity index (χ0n) is 10.0. The number of anilines is 1. The largest absolute Gasteiger partial charge is 0.460 e. The summed E-state index contributed by atoms with van der Waals surface area (Å²) in [5.41, 5.74) is 6.26. The molecule has 0 atom stereocenters. The summed E-state index contributed by atoms with van der Waals surface area (Å²) in [4.78, 5) is 15.4. The van der Waals surface area contributed by atoms with Crippen LogP contribution in [-0.2, 0) is 9.47 Å². The summed E-state index contributed by atoms with van der Waals surface area (Å²) < 4.78 is 10.3. The third-order valence-electron chi connectivity index (χ3n) is 2.17. The fourth-order valence-corrected chi connectivity index (χ4v) is 1.21. The molecule has 5 nitrogen and oxygen atoms in total. The highest BCUT2D eigenvalue weighted by molar-refractivity contribution is 5.94. The number of carbonyl (C=O) groups excluding carboxylic acids is 1. The van der Waals surface area contributed by atoms with Crippen molar-refractivity contribution in [3.8, 4) is 0 Å². The Labute approximate surface area is 101 Å². The van der Waals surface area contributed by atoms with Gasteiger partial charge in [0, 0.05) is 12.8 Å². The molecule has 1 rings (SSSR count). The van der Waals surface area contributed by atoms with Crippen molar-refractivity contribution in [2.75, 3.05) is 25.6 Å². The predicted molar refractivity (Wildman–Crippen MR) is 64.7 cm³/mol. The maximum atomic E-state index is 11.6. The van der Waals surface area contributed by atoms with Crippen LogP contribution in [0, 0.1) is 0 Å². The number of nitrogens with two attached hydrogens (primary N) is 1. The first-order chi connectivity index (χ1) is 8.25. The summed E-state index contributed by atoms with van der Waals surface area (Å²) in [6.07, 6.45) is 5.04. The maximum absolute atomic E-state index is 11.6. The zero-order valence-corrected chi connectivity index (χ0v) is 10.0. The zero-order chi connectivity index (χ0) is 12.5. The Balaban J connectivity index is 2.24. The molecule has 94 valence electrons. The van der Waals surface area contributed by atoms with Gasteiger partial charge in [-0.25, -0.2) is 4.79 Å². The van der Waals surface area contributed by atoms with Gasteiger partial charge < -0.3 is 15.2 Å². The Kier molecular flexibility index (Phi) is 6.03. The lowest BCUT2D eigenvalue weighted by molar-refractivity contribution is 0.0315. The van der Waals surface area contributed by atoms with Gasteiger partial charge in [0.2, 0.25) is 0 Å². The highest BCUT2D eigenvalue weighted by Gasteiger charge is 2.10. The Morgan fingerprint density at radius 3 is 2.94 bits per heavy atom. The minimum atomic E-state index is -0.441. The van der Waals surface area contributed by atoms with Gasteiger partial charge in [-0.3, -0.25) is 4.98 Å². The number of hydrogen-bond acceptors (Lipinski definition) is 5. The van der Waals surface area contributed by atoms with Crippen LogP contribution in [0.1, 0.15) is 30.1 Å². The molecule has 0 aromatic carbocycles. The molecular weight excluding hydrogens is 220 g/mol. The van der Waals surface area contributed by atoms with Crippen molar-refractivity contribution < 1.29 is 14.3 Å². The van der Waals surface area contributed by atoms with E-state index in [0.717, 1.165) is 12.8 Å². The fourth-order valence-electron chi connectivity index (χ4n) is 1.21. The number of nitrogens with zero attached hydrogens (tertiary/aromatic N) is 1. The minimum absolute atomic E-state index is 0.240. The third kappa shape index (κ3) is 4.82. The first-order valence-corrected chi connectivity index (χ1v) is 5.70. The Hall–Kier alpha value is -1.62. The number of aromatic nitrogens is 1. The quantitative estimate of drug-likeness (QED) is 0.577. The smallest absolute Gasteiger partial charge is 0.340 e. The van der Waals surface area contributed by atoms with Crippen molar-refractivity contribution in [2.45, 2.75) is 19.8 Å². The molecule has 2 N–H and O–H groups in total. The van der Waals surface area contributed by atoms with Gasteiger partial charge >= 0.3 is 5.97 Å². The van der Waals surface area contributed by atoms with Crippen LogP contribution in [0.4, 0.5) is 5.69 Å².